The number of ether oxygens (including phenoxy) is 3. The molecule has 34 heavy (non-hydrogen) atoms. The van der Waals surface area contributed by atoms with Gasteiger partial charge < -0.3 is 31.9 Å². The van der Waals surface area contributed by atoms with E-state index in [1.807, 2.05) is 80.6 Å². The van der Waals surface area contributed by atoms with Crippen LogP contribution in [0.1, 0.15) is 25.0 Å². The van der Waals surface area contributed by atoms with Crippen molar-refractivity contribution in [3.63, 3.8) is 0 Å². The number of nitrogens with one attached hydrogen (secondary N) is 1. The molecule has 178 valence electrons. The van der Waals surface area contributed by atoms with Gasteiger partial charge in [0.25, 0.3) is 0 Å². The molecule has 0 radical (unpaired) electrons. The third-order valence-electron chi connectivity index (χ3n) is 5.52. The molecule has 0 fully saturated rings. The molecule has 3 aromatic carbocycles. The average molecular weight is 630 g/mol. The Morgan fingerprint density at radius 1 is 1.00 bits per heavy atom. The Labute approximate surface area is 216 Å². The van der Waals surface area contributed by atoms with Crippen molar-refractivity contribution in [1.82, 2.24) is 5.32 Å². The third kappa shape index (κ3) is 5.94. The number of amides is 1. The molecule has 1 unspecified atom stereocenters. The number of hydrogen-bond donors (Lipinski definition) is 1. The fraction of sp³-hybridized carbons (Fsp3) is 0.222. The molecule has 7 heteroatoms. The molecule has 1 aliphatic heterocycles. The number of rotatable bonds is 4. The molecule has 0 spiro atoms. The fourth-order valence-corrected chi connectivity index (χ4v) is 3.80. The minimum absolute atomic E-state index is 0. The maximum absolute atomic E-state index is 13.6. The fourth-order valence-electron chi connectivity index (χ4n) is 3.80. The minimum atomic E-state index is -0.438. The quantitative estimate of drug-likeness (QED) is 0.394. The van der Waals surface area contributed by atoms with Crippen molar-refractivity contribution in [3.05, 3.63) is 91.3 Å². The first kappa shape index (κ1) is 27.3. The van der Waals surface area contributed by atoms with Crippen LogP contribution in [-0.4, -0.2) is 26.2 Å². The first-order valence-electron chi connectivity index (χ1n) is 10.5. The summed E-state index contributed by atoms with van der Waals surface area (Å²) in [4.78, 5) is 15.4. The summed E-state index contributed by atoms with van der Waals surface area (Å²) in [5.74, 6) is 2.70. The summed E-state index contributed by atoms with van der Waals surface area (Å²) in [5.41, 5.74) is 2.59. The Bertz CT molecular complexity index is 1120. The number of hydrogen-bond acceptors (Lipinski definition) is 5. The molecule has 3 aromatic rings. The molecule has 1 N–H and O–H groups in total. The Balaban J connectivity index is 0.00000204. The second-order valence-electron chi connectivity index (χ2n) is 7.72. The largest absolute Gasteiger partial charge is 2.00 e. The monoisotopic (exact) mass is 630 g/mol. The smallest absolute Gasteiger partial charge is 0.497 e. The van der Waals surface area contributed by atoms with Crippen molar-refractivity contribution in [2.24, 2.45) is 0 Å². The zero-order chi connectivity index (χ0) is 22.7. The predicted octanol–water partition coefficient (Wildman–Crippen LogP) is 5.37. The van der Waals surface area contributed by atoms with Crippen LogP contribution in [0.25, 0.3) is 0 Å². The van der Waals surface area contributed by atoms with E-state index in [1.165, 1.54) is 0 Å². The summed E-state index contributed by atoms with van der Waals surface area (Å²) in [6.45, 7) is 4.18. The number of benzene rings is 3. The third-order valence-corrected chi connectivity index (χ3v) is 5.52. The zero-order valence-corrected chi connectivity index (χ0v) is 23.1. The van der Waals surface area contributed by atoms with Crippen molar-refractivity contribution in [3.8, 4) is 23.0 Å². The van der Waals surface area contributed by atoms with E-state index in [0.717, 1.165) is 28.6 Å². The molecular formula is C27H30N2O4W. The normalized spacial score (nSPS) is 15.1. The molecular weight excluding hydrogens is 600 g/mol. The van der Waals surface area contributed by atoms with Crippen LogP contribution in [0.15, 0.2) is 66.7 Å². The Hall–Kier alpha value is -2.95. The van der Waals surface area contributed by atoms with Crippen LogP contribution in [-0.2, 0) is 32.4 Å². The van der Waals surface area contributed by atoms with Crippen molar-refractivity contribution in [2.75, 3.05) is 19.1 Å². The molecule has 1 heterocycles. The number of fused-ring (bicyclic) bond motifs is 4. The van der Waals surface area contributed by atoms with Gasteiger partial charge >= 0.3 is 21.1 Å². The number of methoxy groups -OCH3 is 2. The van der Waals surface area contributed by atoms with Gasteiger partial charge in [-0.05, 0) is 37.3 Å². The van der Waals surface area contributed by atoms with E-state index in [0.29, 0.717) is 23.8 Å². The molecule has 0 aliphatic carbocycles. The van der Waals surface area contributed by atoms with Gasteiger partial charge in [-0.3, -0.25) is 4.79 Å². The van der Waals surface area contributed by atoms with Crippen LogP contribution in [0.2, 0.25) is 0 Å². The maximum atomic E-state index is 13.6. The minimum Gasteiger partial charge on any atom is -0.497 e. The van der Waals surface area contributed by atoms with Crippen molar-refractivity contribution < 1.29 is 40.1 Å². The van der Waals surface area contributed by atoms with Crippen LogP contribution < -0.4 is 24.4 Å². The van der Waals surface area contributed by atoms with Crippen molar-refractivity contribution in [1.29, 1.82) is 0 Å². The SMILES string of the molecule is COc1ccc(CN2C(=O)C(C)N[C-](C)c3cccc(c3)Oc3cccc2c3)c(OC)c1.[CH3-].[W+2]. The van der Waals surface area contributed by atoms with Gasteiger partial charge in [-0.15, -0.1) is 18.2 Å². The Morgan fingerprint density at radius 2 is 1.71 bits per heavy atom. The summed E-state index contributed by atoms with van der Waals surface area (Å²) in [6.07, 6.45) is 0. The van der Waals surface area contributed by atoms with E-state index in [9.17, 15) is 4.79 Å². The number of carbonyl (C=O) groups is 1. The van der Waals surface area contributed by atoms with Crippen LogP contribution in [0.3, 0.4) is 0 Å². The van der Waals surface area contributed by atoms with E-state index >= 15 is 0 Å². The average Bonchev–Trinajstić information content (AvgIpc) is 2.81. The van der Waals surface area contributed by atoms with E-state index in [4.69, 9.17) is 14.2 Å². The molecule has 4 bridgehead atoms. The van der Waals surface area contributed by atoms with Crippen LogP contribution in [0.4, 0.5) is 5.69 Å². The van der Waals surface area contributed by atoms with Gasteiger partial charge in [-0.25, -0.2) is 0 Å². The summed E-state index contributed by atoms with van der Waals surface area (Å²) in [6, 6.07) is 21.5. The second-order valence-corrected chi connectivity index (χ2v) is 7.72. The summed E-state index contributed by atoms with van der Waals surface area (Å²) < 4.78 is 17.0. The molecule has 1 amide bonds. The maximum Gasteiger partial charge on any atom is 2.00 e. The summed E-state index contributed by atoms with van der Waals surface area (Å²) in [7, 11) is 3.22. The number of carbonyl (C=O) groups excluding carboxylic acids is 1. The molecule has 0 aromatic heterocycles. The molecule has 4 rings (SSSR count). The molecule has 0 saturated heterocycles. The van der Waals surface area contributed by atoms with Gasteiger partial charge in [0.05, 0.1) is 32.6 Å². The second kappa shape index (κ2) is 12.0. The summed E-state index contributed by atoms with van der Waals surface area (Å²) in [5, 5.41) is 3.35. The van der Waals surface area contributed by atoms with E-state index < -0.39 is 6.04 Å². The summed E-state index contributed by atoms with van der Waals surface area (Å²) >= 11 is 0. The number of anilines is 1. The van der Waals surface area contributed by atoms with E-state index in [2.05, 4.69) is 5.32 Å². The van der Waals surface area contributed by atoms with Gasteiger partial charge in [0.15, 0.2) is 0 Å². The van der Waals surface area contributed by atoms with E-state index in [-0.39, 0.29) is 34.4 Å². The van der Waals surface area contributed by atoms with Gasteiger partial charge in [0.1, 0.15) is 17.2 Å². The van der Waals surface area contributed by atoms with E-state index in [1.54, 1.807) is 19.1 Å². The molecule has 6 nitrogen and oxygen atoms in total. The van der Waals surface area contributed by atoms with Crippen LogP contribution in [0.5, 0.6) is 23.0 Å². The Morgan fingerprint density at radius 3 is 2.41 bits per heavy atom. The first-order valence-corrected chi connectivity index (χ1v) is 10.5. The topological polar surface area (TPSA) is 60.0 Å². The van der Waals surface area contributed by atoms with Gasteiger partial charge in [0, 0.05) is 23.4 Å². The van der Waals surface area contributed by atoms with Crippen molar-refractivity contribution in [2.45, 2.75) is 26.4 Å². The first-order chi connectivity index (χ1) is 15.5. The molecule has 1 aliphatic rings. The molecule has 0 saturated carbocycles. The zero-order valence-electron chi connectivity index (χ0n) is 20.1. The standard InChI is InChI=1S/C26H27N2O4.CH3.W/c1-17-19-7-5-9-23(13-19)32-24-10-6-8-21(14-24)28(26(29)18(2)27-17)16-20-11-12-22(30-3)15-25(20)31-4;;/h5-15,18,27H,16H2,1-4H3;1H3;/q2*-1;+2. The van der Waals surface area contributed by atoms with Gasteiger partial charge in [-0.1, -0.05) is 13.0 Å². The van der Waals surface area contributed by atoms with Gasteiger partial charge in [0.2, 0.25) is 5.91 Å². The van der Waals surface area contributed by atoms with Crippen LogP contribution >= 0.6 is 0 Å². The molecule has 1 atom stereocenters. The Kier molecular flexibility index (Phi) is 9.60. The van der Waals surface area contributed by atoms with Crippen molar-refractivity contribution >= 4 is 11.6 Å². The predicted molar refractivity (Wildman–Crippen MR) is 131 cm³/mol. The van der Waals surface area contributed by atoms with Crippen LogP contribution in [0, 0.1) is 13.5 Å². The number of nitrogens with zero attached hydrogens (tertiary/aromatic N) is 1. The van der Waals surface area contributed by atoms with Gasteiger partial charge in [-0.2, -0.15) is 11.6 Å².